The van der Waals surface area contributed by atoms with E-state index in [-0.39, 0.29) is 29.1 Å². The molecule has 40 heavy (non-hydrogen) atoms. The normalized spacial score (nSPS) is 12.0. The Balaban J connectivity index is 2.06. The fourth-order valence-electron chi connectivity index (χ4n) is 4.09. The van der Waals surface area contributed by atoms with Crippen LogP contribution in [0.1, 0.15) is 31.9 Å². The van der Waals surface area contributed by atoms with E-state index in [4.69, 9.17) is 9.47 Å². The fraction of sp³-hybridized carbons (Fsp3) is 0.333. The molecule has 3 aromatic carbocycles. The number of carbonyl (C=O) groups is 2. The molecule has 2 amide bonds. The Morgan fingerprint density at radius 3 is 2.08 bits per heavy atom. The summed E-state index contributed by atoms with van der Waals surface area (Å²) in [5.41, 5.74) is 1.89. The van der Waals surface area contributed by atoms with Gasteiger partial charge in [0, 0.05) is 18.7 Å². The summed E-state index contributed by atoms with van der Waals surface area (Å²) in [6, 6.07) is 19.1. The molecule has 0 spiro atoms. The van der Waals surface area contributed by atoms with E-state index in [0.29, 0.717) is 11.5 Å². The molecule has 214 valence electrons. The third-order valence-corrected chi connectivity index (χ3v) is 8.10. The number of anilines is 1. The number of hydrogen-bond donors (Lipinski definition) is 1. The zero-order valence-electron chi connectivity index (χ0n) is 23.7. The molecule has 0 radical (unpaired) electrons. The molecule has 0 unspecified atom stereocenters. The molecule has 1 N–H and O–H groups in total. The van der Waals surface area contributed by atoms with E-state index >= 15 is 0 Å². The molecule has 0 aliphatic rings. The van der Waals surface area contributed by atoms with Crippen LogP contribution in [0, 0.1) is 6.92 Å². The van der Waals surface area contributed by atoms with Gasteiger partial charge in [-0.3, -0.25) is 13.9 Å². The van der Waals surface area contributed by atoms with Crippen molar-refractivity contribution < 1.29 is 27.5 Å². The van der Waals surface area contributed by atoms with Gasteiger partial charge in [-0.1, -0.05) is 35.9 Å². The molecule has 0 fully saturated rings. The van der Waals surface area contributed by atoms with Crippen LogP contribution in [0.2, 0.25) is 0 Å². The maximum atomic E-state index is 14.0. The highest BCUT2D eigenvalue weighted by Crippen LogP contribution is 2.28. The number of ether oxygens (including phenoxy) is 2. The molecular formula is C30H37N3O6S. The second-order valence-corrected chi connectivity index (χ2v) is 11.6. The number of carbonyl (C=O) groups excluding carboxylic acids is 2. The van der Waals surface area contributed by atoms with Gasteiger partial charge in [0.2, 0.25) is 11.8 Å². The number of rotatable bonds is 12. The van der Waals surface area contributed by atoms with Crippen molar-refractivity contribution in [2.24, 2.45) is 0 Å². The van der Waals surface area contributed by atoms with Crippen LogP contribution in [-0.2, 0) is 26.2 Å². The monoisotopic (exact) mass is 567 g/mol. The van der Waals surface area contributed by atoms with Crippen molar-refractivity contribution in [3.05, 3.63) is 83.9 Å². The quantitative estimate of drug-likeness (QED) is 0.353. The minimum absolute atomic E-state index is 0.0404. The van der Waals surface area contributed by atoms with E-state index in [1.54, 1.807) is 68.6 Å². The van der Waals surface area contributed by atoms with E-state index in [1.165, 1.54) is 24.1 Å². The zero-order chi connectivity index (χ0) is 29.4. The highest BCUT2D eigenvalue weighted by atomic mass is 32.2. The Labute approximate surface area is 236 Å². The van der Waals surface area contributed by atoms with Crippen molar-refractivity contribution in [2.45, 2.75) is 51.2 Å². The van der Waals surface area contributed by atoms with Crippen LogP contribution in [0.5, 0.6) is 11.5 Å². The molecule has 3 aromatic rings. The number of amides is 2. The lowest BCUT2D eigenvalue weighted by atomic mass is 10.1. The first kappa shape index (κ1) is 30.5. The summed E-state index contributed by atoms with van der Waals surface area (Å²) in [6.45, 7) is 6.68. The lowest BCUT2D eigenvalue weighted by molar-refractivity contribution is -0.139. The molecule has 0 aliphatic heterocycles. The molecule has 10 heteroatoms. The molecule has 0 aliphatic carbocycles. The molecule has 9 nitrogen and oxygen atoms in total. The number of methoxy groups -OCH3 is 2. The van der Waals surface area contributed by atoms with Crippen molar-refractivity contribution in [2.75, 3.05) is 25.1 Å². The van der Waals surface area contributed by atoms with Crippen LogP contribution >= 0.6 is 0 Å². The first-order valence-corrected chi connectivity index (χ1v) is 14.4. The second-order valence-electron chi connectivity index (χ2n) is 9.74. The third kappa shape index (κ3) is 7.53. The lowest BCUT2D eigenvalue weighted by Gasteiger charge is -2.32. The minimum Gasteiger partial charge on any atom is -0.497 e. The summed E-state index contributed by atoms with van der Waals surface area (Å²) in [4.78, 5) is 28.4. The van der Waals surface area contributed by atoms with Gasteiger partial charge >= 0.3 is 0 Å². The fourth-order valence-corrected chi connectivity index (χ4v) is 5.49. The summed E-state index contributed by atoms with van der Waals surface area (Å²) in [5.74, 6) is 0.143. The largest absolute Gasteiger partial charge is 0.497 e. The van der Waals surface area contributed by atoms with Gasteiger partial charge in [-0.25, -0.2) is 8.42 Å². The third-order valence-electron chi connectivity index (χ3n) is 6.31. The maximum Gasteiger partial charge on any atom is 0.264 e. The predicted octanol–water partition coefficient (Wildman–Crippen LogP) is 4.15. The lowest BCUT2D eigenvalue weighted by Crippen LogP contribution is -2.52. The second kappa shape index (κ2) is 13.3. The van der Waals surface area contributed by atoms with Gasteiger partial charge in [0.15, 0.2) is 0 Å². The highest BCUT2D eigenvalue weighted by Gasteiger charge is 2.33. The zero-order valence-corrected chi connectivity index (χ0v) is 24.6. The number of benzene rings is 3. The topological polar surface area (TPSA) is 105 Å². The van der Waals surface area contributed by atoms with Crippen molar-refractivity contribution in [1.29, 1.82) is 0 Å². The maximum absolute atomic E-state index is 14.0. The van der Waals surface area contributed by atoms with Crippen molar-refractivity contribution in [1.82, 2.24) is 10.2 Å². The van der Waals surface area contributed by atoms with Crippen LogP contribution in [0.15, 0.2) is 77.7 Å². The summed E-state index contributed by atoms with van der Waals surface area (Å²) in [5, 5.41) is 2.84. The van der Waals surface area contributed by atoms with Crippen LogP contribution in [0.3, 0.4) is 0 Å². The molecule has 0 saturated carbocycles. The van der Waals surface area contributed by atoms with Crippen molar-refractivity contribution in [3.8, 4) is 11.5 Å². The minimum atomic E-state index is -4.16. The first-order valence-electron chi connectivity index (χ1n) is 12.9. The van der Waals surface area contributed by atoms with Crippen molar-refractivity contribution in [3.63, 3.8) is 0 Å². The molecular weight excluding hydrogens is 530 g/mol. The Bertz CT molecular complexity index is 1420. The molecule has 0 bridgehead atoms. The Kier molecular flexibility index (Phi) is 10.2. The van der Waals surface area contributed by atoms with Crippen LogP contribution in [0.4, 0.5) is 5.69 Å². The molecule has 1 atom stereocenters. The van der Waals surface area contributed by atoms with Gasteiger partial charge in [0.1, 0.15) is 24.1 Å². The average molecular weight is 568 g/mol. The van der Waals surface area contributed by atoms with Crippen molar-refractivity contribution >= 4 is 27.5 Å². The van der Waals surface area contributed by atoms with Gasteiger partial charge < -0.3 is 19.7 Å². The number of nitrogens with one attached hydrogen (secondary N) is 1. The summed E-state index contributed by atoms with van der Waals surface area (Å²) >= 11 is 0. The smallest absolute Gasteiger partial charge is 0.264 e. The van der Waals surface area contributed by atoms with E-state index < -0.39 is 28.5 Å². The summed E-state index contributed by atoms with van der Waals surface area (Å²) in [7, 11) is -1.14. The number of nitrogens with zero attached hydrogens (tertiary/aromatic N) is 2. The van der Waals surface area contributed by atoms with Crippen LogP contribution < -0.4 is 19.1 Å². The first-order chi connectivity index (χ1) is 19.0. The Morgan fingerprint density at radius 1 is 0.875 bits per heavy atom. The standard InChI is InChI=1S/C30H37N3O6S/c1-21(2)31-30(35)23(4)32(19-24-9-7-11-26(17-24)38-5)29(34)20-33(25-10-8-12-27(18-25)39-6)40(36,37)28-15-13-22(3)14-16-28/h7-18,21,23H,19-20H2,1-6H3,(H,31,35)/t23-/m1/s1. The van der Waals surface area contributed by atoms with Gasteiger partial charge in [-0.05, 0) is 69.7 Å². The Hall–Kier alpha value is -4.05. The summed E-state index contributed by atoms with van der Waals surface area (Å²) < 4.78 is 39.5. The highest BCUT2D eigenvalue weighted by molar-refractivity contribution is 7.92. The van der Waals surface area contributed by atoms with E-state index in [0.717, 1.165) is 15.4 Å². The SMILES string of the molecule is COc1cccc(CN(C(=O)CN(c2cccc(OC)c2)S(=O)(=O)c2ccc(C)cc2)[C@H](C)C(=O)NC(C)C)c1. The van der Waals surface area contributed by atoms with Gasteiger partial charge in [0.05, 0.1) is 24.8 Å². The summed E-state index contributed by atoms with van der Waals surface area (Å²) in [6.07, 6.45) is 0. The Morgan fingerprint density at radius 2 is 1.48 bits per heavy atom. The van der Waals surface area contributed by atoms with Gasteiger partial charge in [-0.15, -0.1) is 0 Å². The molecule has 0 heterocycles. The van der Waals surface area contributed by atoms with Crippen LogP contribution in [0.25, 0.3) is 0 Å². The van der Waals surface area contributed by atoms with E-state index in [9.17, 15) is 18.0 Å². The molecule has 0 aromatic heterocycles. The van der Waals surface area contributed by atoms with E-state index in [2.05, 4.69) is 5.32 Å². The van der Waals surface area contributed by atoms with Gasteiger partial charge in [0.25, 0.3) is 10.0 Å². The molecule has 0 saturated heterocycles. The predicted molar refractivity (Wildman–Crippen MR) is 155 cm³/mol. The number of sulfonamides is 1. The van der Waals surface area contributed by atoms with Gasteiger partial charge in [-0.2, -0.15) is 0 Å². The number of hydrogen-bond acceptors (Lipinski definition) is 6. The average Bonchev–Trinajstić information content (AvgIpc) is 2.94. The number of aryl methyl sites for hydroxylation is 1. The van der Waals surface area contributed by atoms with E-state index in [1.807, 2.05) is 26.8 Å². The van der Waals surface area contributed by atoms with Crippen LogP contribution in [-0.4, -0.2) is 58.0 Å². The molecule has 3 rings (SSSR count).